The van der Waals surface area contributed by atoms with E-state index in [0.717, 1.165) is 6.42 Å². The Labute approximate surface area is 101 Å². The van der Waals surface area contributed by atoms with Crippen molar-refractivity contribution in [3.8, 4) is 5.75 Å². The molecule has 0 amide bonds. The minimum Gasteiger partial charge on any atom is -0.497 e. The fourth-order valence-corrected chi connectivity index (χ4v) is 2.81. The van der Waals surface area contributed by atoms with Crippen molar-refractivity contribution in [1.29, 1.82) is 0 Å². The number of hydrogen-bond donors (Lipinski definition) is 1. The number of sulfonamides is 1. The van der Waals surface area contributed by atoms with Crippen LogP contribution in [-0.4, -0.2) is 22.1 Å². The predicted molar refractivity (Wildman–Crippen MR) is 63.5 cm³/mol. The maximum Gasteiger partial charge on any atom is 0.242 e. The normalized spacial score (nSPS) is 11.4. The van der Waals surface area contributed by atoms with Crippen molar-refractivity contribution in [2.45, 2.75) is 18.2 Å². The van der Waals surface area contributed by atoms with E-state index in [1.54, 1.807) is 6.07 Å². The fourth-order valence-electron chi connectivity index (χ4n) is 1.14. The molecule has 1 N–H and O–H groups in total. The molecule has 0 saturated carbocycles. The Morgan fingerprint density at radius 2 is 2.12 bits per heavy atom. The van der Waals surface area contributed by atoms with Gasteiger partial charge in [-0.25, -0.2) is 13.1 Å². The number of halogens is 1. The summed E-state index contributed by atoms with van der Waals surface area (Å²) in [4.78, 5) is 0.0726. The van der Waals surface area contributed by atoms with Gasteiger partial charge < -0.3 is 4.74 Å². The second-order valence-corrected chi connectivity index (χ2v) is 5.34. The summed E-state index contributed by atoms with van der Waals surface area (Å²) in [5.41, 5.74) is 0. The van der Waals surface area contributed by atoms with Crippen LogP contribution in [0.3, 0.4) is 0 Å². The minimum atomic E-state index is -3.52. The van der Waals surface area contributed by atoms with Crippen molar-refractivity contribution in [2.24, 2.45) is 0 Å². The van der Waals surface area contributed by atoms with Crippen LogP contribution in [0.4, 0.5) is 0 Å². The van der Waals surface area contributed by atoms with Crippen molar-refractivity contribution < 1.29 is 13.2 Å². The van der Waals surface area contributed by atoms with Crippen molar-refractivity contribution in [1.82, 2.24) is 4.72 Å². The third-order valence-corrected chi connectivity index (χ3v) is 3.91. The molecule has 6 heteroatoms. The largest absolute Gasteiger partial charge is 0.497 e. The molecule has 1 aromatic rings. The van der Waals surface area contributed by atoms with Gasteiger partial charge in [-0.3, -0.25) is 0 Å². The molecule has 0 bridgehead atoms. The summed E-state index contributed by atoms with van der Waals surface area (Å²) in [6.07, 6.45) is 0.729. The summed E-state index contributed by atoms with van der Waals surface area (Å²) in [5.74, 6) is 0.527. The van der Waals surface area contributed by atoms with E-state index in [9.17, 15) is 8.42 Å². The van der Waals surface area contributed by atoms with E-state index in [1.165, 1.54) is 19.2 Å². The molecule has 0 unspecified atom stereocenters. The molecule has 1 aromatic carbocycles. The van der Waals surface area contributed by atoms with Gasteiger partial charge in [-0.2, -0.15) is 0 Å². The van der Waals surface area contributed by atoms with Gasteiger partial charge in [0, 0.05) is 12.6 Å². The van der Waals surface area contributed by atoms with Crippen molar-refractivity contribution >= 4 is 21.6 Å². The van der Waals surface area contributed by atoms with Crippen LogP contribution in [0.25, 0.3) is 0 Å². The first-order valence-corrected chi connectivity index (χ1v) is 6.70. The van der Waals surface area contributed by atoms with Crippen LogP contribution in [-0.2, 0) is 10.0 Å². The smallest absolute Gasteiger partial charge is 0.242 e. The van der Waals surface area contributed by atoms with E-state index < -0.39 is 10.0 Å². The van der Waals surface area contributed by atoms with E-state index in [2.05, 4.69) is 4.72 Å². The molecular formula is C10H14ClNO3S. The molecule has 0 atom stereocenters. The Morgan fingerprint density at radius 1 is 1.44 bits per heavy atom. The molecule has 0 saturated heterocycles. The van der Waals surface area contributed by atoms with Crippen molar-refractivity contribution in [2.75, 3.05) is 13.7 Å². The summed E-state index contributed by atoms with van der Waals surface area (Å²) in [7, 11) is -2.02. The Kier molecular flexibility index (Phi) is 4.58. The number of hydrogen-bond acceptors (Lipinski definition) is 3. The van der Waals surface area contributed by atoms with Gasteiger partial charge in [-0.15, -0.1) is 0 Å². The summed E-state index contributed by atoms with van der Waals surface area (Å²) in [5, 5.41) is 0.156. The van der Waals surface area contributed by atoms with Gasteiger partial charge in [-0.1, -0.05) is 18.5 Å². The molecule has 0 radical (unpaired) electrons. The summed E-state index contributed by atoms with van der Waals surface area (Å²) >= 11 is 5.87. The highest BCUT2D eigenvalue weighted by Crippen LogP contribution is 2.25. The highest BCUT2D eigenvalue weighted by molar-refractivity contribution is 7.89. The van der Waals surface area contributed by atoms with Gasteiger partial charge in [0.1, 0.15) is 10.6 Å². The number of benzene rings is 1. The quantitative estimate of drug-likeness (QED) is 0.884. The van der Waals surface area contributed by atoms with Gasteiger partial charge >= 0.3 is 0 Å². The van der Waals surface area contributed by atoms with E-state index >= 15 is 0 Å². The molecule has 90 valence electrons. The van der Waals surface area contributed by atoms with Crippen LogP contribution in [0.1, 0.15) is 13.3 Å². The Hall–Kier alpha value is -0.780. The molecule has 0 aromatic heterocycles. The number of methoxy groups -OCH3 is 1. The van der Waals surface area contributed by atoms with E-state index in [4.69, 9.17) is 16.3 Å². The zero-order valence-electron chi connectivity index (χ0n) is 9.16. The number of rotatable bonds is 5. The lowest BCUT2D eigenvalue weighted by Crippen LogP contribution is -2.24. The molecule has 0 fully saturated rings. The van der Waals surface area contributed by atoms with Crippen molar-refractivity contribution in [3.05, 3.63) is 23.2 Å². The molecule has 0 aliphatic carbocycles. The lowest BCUT2D eigenvalue weighted by molar-refractivity contribution is 0.414. The summed E-state index contributed by atoms with van der Waals surface area (Å²) in [6, 6.07) is 4.47. The zero-order chi connectivity index (χ0) is 12.2. The fraction of sp³-hybridized carbons (Fsp3) is 0.400. The predicted octanol–water partition coefficient (Wildman–Crippen LogP) is 2.04. The number of nitrogens with one attached hydrogen (secondary N) is 1. The van der Waals surface area contributed by atoms with Crippen LogP contribution in [0, 0.1) is 0 Å². The summed E-state index contributed by atoms with van der Waals surface area (Å²) in [6.45, 7) is 2.28. The average molecular weight is 264 g/mol. The first kappa shape index (κ1) is 13.3. The SMILES string of the molecule is CCCNS(=O)(=O)c1ccc(OC)cc1Cl. The van der Waals surface area contributed by atoms with Crippen LogP contribution < -0.4 is 9.46 Å². The van der Waals surface area contributed by atoms with E-state index in [0.29, 0.717) is 12.3 Å². The van der Waals surface area contributed by atoms with Gasteiger partial charge in [0.25, 0.3) is 0 Å². The first-order chi connectivity index (χ1) is 7.51. The summed E-state index contributed by atoms with van der Waals surface area (Å²) < 4.78 is 30.9. The first-order valence-electron chi connectivity index (χ1n) is 4.84. The van der Waals surface area contributed by atoms with Gasteiger partial charge in [-0.05, 0) is 18.6 Å². The molecule has 1 rings (SSSR count). The zero-order valence-corrected chi connectivity index (χ0v) is 10.7. The Balaban J connectivity index is 3.04. The van der Waals surface area contributed by atoms with E-state index in [1.807, 2.05) is 6.92 Å². The van der Waals surface area contributed by atoms with Gasteiger partial charge in [0.2, 0.25) is 10.0 Å². The van der Waals surface area contributed by atoms with Crippen LogP contribution >= 0.6 is 11.6 Å². The Bertz CT molecular complexity index is 459. The standard InChI is InChI=1S/C10H14ClNO3S/c1-3-6-12-16(13,14)10-5-4-8(15-2)7-9(10)11/h4-5,7,12H,3,6H2,1-2H3. The maximum atomic E-state index is 11.8. The number of ether oxygens (including phenoxy) is 1. The topological polar surface area (TPSA) is 55.4 Å². The monoisotopic (exact) mass is 263 g/mol. The maximum absolute atomic E-state index is 11.8. The third kappa shape index (κ3) is 3.10. The second-order valence-electron chi connectivity index (χ2n) is 3.19. The van der Waals surface area contributed by atoms with Crippen LogP contribution in [0.5, 0.6) is 5.75 Å². The van der Waals surface area contributed by atoms with E-state index in [-0.39, 0.29) is 9.92 Å². The van der Waals surface area contributed by atoms with Crippen LogP contribution in [0.15, 0.2) is 23.1 Å². The molecule has 0 aliphatic heterocycles. The molecule has 0 aliphatic rings. The van der Waals surface area contributed by atoms with Gasteiger partial charge in [0.15, 0.2) is 0 Å². The molecule has 16 heavy (non-hydrogen) atoms. The highest BCUT2D eigenvalue weighted by Gasteiger charge is 2.17. The lowest BCUT2D eigenvalue weighted by atomic mass is 10.3. The van der Waals surface area contributed by atoms with Crippen molar-refractivity contribution in [3.63, 3.8) is 0 Å². The molecule has 4 nitrogen and oxygen atoms in total. The molecule has 0 heterocycles. The Morgan fingerprint density at radius 3 is 2.62 bits per heavy atom. The molecule has 0 spiro atoms. The highest BCUT2D eigenvalue weighted by atomic mass is 35.5. The minimum absolute atomic E-state index is 0.0726. The second kappa shape index (κ2) is 5.52. The average Bonchev–Trinajstić information content (AvgIpc) is 2.25. The third-order valence-electron chi connectivity index (χ3n) is 1.97. The van der Waals surface area contributed by atoms with Crippen LogP contribution in [0.2, 0.25) is 5.02 Å². The lowest BCUT2D eigenvalue weighted by Gasteiger charge is -2.08. The molecular weight excluding hydrogens is 250 g/mol. The van der Waals surface area contributed by atoms with Gasteiger partial charge in [0.05, 0.1) is 12.1 Å².